The highest BCUT2D eigenvalue weighted by molar-refractivity contribution is 5.21. The monoisotopic (exact) mass is 239 g/mol. The van der Waals surface area contributed by atoms with Crippen LogP contribution < -0.4 is 5.32 Å². The third-order valence-electron chi connectivity index (χ3n) is 3.18. The fraction of sp³-hybridized carbons (Fsp3) is 0.571. The number of rotatable bonds is 4. The Bertz CT molecular complexity index is 339. The predicted molar refractivity (Wildman–Crippen MR) is 69.4 cm³/mol. The van der Waals surface area contributed by atoms with Gasteiger partial charge in [0.15, 0.2) is 0 Å². The summed E-state index contributed by atoms with van der Waals surface area (Å²) in [5, 5.41) is 13.3. The van der Waals surface area contributed by atoms with E-state index in [2.05, 4.69) is 11.9 Å². The van der Waals surface area contributed by atoms with Crippen LogP contribution in [0.2, 0.25) is 0 Å². The van der Waals surface area contributed by atoms with E-state index in [1.54, 1.807) is 6.08 Å². The Morgan fingerprint density at radius 1 is 1.47 bits per heavy atom. The molecule has 96 valence electrons. The summed E-state index contributed by atoms with van der Waals surface area (Å²) in [6.45, 7) is 8.81. The molecule has 0 saturated carbocycles. The average molecular weight is 239 g/mol. The summed E-state index contributed by atoms with van der Waals surface area (Å²) in [4.78, 5) is 0. The lowest BCUT2D eigenvalue weighted by atomic mass is 9.98. The zero-order chi connectivity index (χ0) is 13.1. The van der Waals surface area contributed by atoms with Gasteiger partial charge in [-0.1, -0.05) is 24.3 Å². The number of hydrogen-bond donors (Lipinski definition) is 2. The van der Waals surface area contributed by atoms with Gasteiger partial charge in [0.05, 0.1) is 5.60 Å². The first kappa shape index (κ1) is 14.1. The van der Waals surface area contributed by atoms with Crippen LogP contribution >= 0.6 is 0 Å². The van der Waals surface area contributed by atoms with Crippen molar-refractivity contribution in [2.24, 2.45) is 0 Å². The minimum absolute atomic E-state index is 0.121. The second-order valence-corrected chi connectivity index (χ2v) is 5.22. The molecule has 0 aliphatic carbocycles. The van der Waals surface area contributed by atoms with Crippen LogP contribution in [0.3, 0.4) is 0 Å². The van der Waals surface area contributed by atoms with E-state index in [0.717, 1.165) is 18.4 Å². The number of halogens is 1. The molecule has 3 heteroatoms. The maximum absolute atomic E-state index is 12.4. The second kappa shape index (κ2) is 5.61. The van der Waals surface area contributed by atoms with Gasteiger partial charge >= 0.3 is 0 Å². The van der Waals surface area contributed by atoms with E-state index in [9.17, 15) is 9.50 Å². The number of aliphatic hydroxyl groups is 1. The van der Waals surface area contributed by atoms with Crippen molar-refractivity contribution >= 4 is 0 Å². The standard InChI is InChI=1S/C14H22FNO/c1-10(6-5-7-11(2)15)12-8-9-13(16-12)14(3,4)17/h5-7,12-13,16-17H,2,8-9H2,1,3-4H3/b7-5-,10-6+/t12-,13+/m0/s1. The van der Waals surface area contributed by atoms with E-state index in [4.69, 9.17) is 0 Å². The maximum Gasteiger partial charge on any atom is 0.116 e. The van der Waals surface area contributed by atoms with E-state index in [1.807, 2.05) is 26.8 Å². The fourth-order valence-corrected chi connectivity index (χ4v) is 2.08. The van der Waals surface area contributed by atoms with Crippen LogP contribution in [0.1, 0.15) is 33.6 Å². The summed E-state index contributed by atoms with van der Waals surface area (Å²) < 4.78 is 12.4. The number of nitrogens with one attached hydrogen (secondary N) is 1. The molecular formula is C14H22FNO. The third kappa shape index (κ3) is 4.44. The van der Waals surface area contributed by atoms with Crippen molar-refractivity contribution in [3.63, 3.8) is 0 Å². The lowest BCUT2D eigenvalue weighted by molar-refractivity contribution is 0.0438. The van der Waals surface area contributed by atoms with E-state index >= 15 is 0 Å². The first-order chi connectivity index (χ1) is 7.80. The molecule has 1 rings (SSSR count). The molecule has 1 saturated heterocycles. The largest absolute Gasteiger partial charge is 0.389 e. The van der Waals surface area contributed by atoms with Crippen molar-refractivity contribution in [1.29, 1.82) is 0 Å². The zero-order valence-electron chi connectivity index (χ0n) is 10.8. The average Bonchev–Trinajstić information content (AvgIpc) is 2.64. The van der Waals surface area contributed by atoms with Crippen LogP contribution in [-0.4, -0.2) is 22.8 Å². The van der Waals surface area contributed by atoms with Crippen LogP contribution in [0.25, 0.3) is 0 Å². The Hall–Kier alpha value is -0.930. The van der Waals surface area contributed by atoms with Gasteiger partial charge in [-0.15, -0.1) is 0 Å². The van der Waals surface area contributed by atoms with Gasteiger partial charge in [0.1, 0.15) is 5.83 Å². The van der Waals surface area contributed by atoms with Gasteiger partial charge in [-0.05, 0) is 39.7 Å². The zero-order valence-corrected chi connectivity index (χ0v) is 10.8. The van der Waals surface area contributed by atoms with Gasteiger partial charge in [-0.2, -0.15) is 0 Å². The van der Waals surface area contributed by atoms with Crippen LogP contribution in [0, 0.1) is 0 Å². The van der Waals surface area contributed by atoms with Crippen molar-refractivity contribution in [3.8, 4) is 0 Å². The smallest absolute Gasteiger partial charge is 0.116 e. The summed E-state index contributed by atoms with van der Waals surface area (Å²) in [6, 6.07) is 0.389. The molecule has 0 radical (unpaired) electrons. The molecule has 2 N–H and O–H groups in total. The molecular weight excluding hydrogens is 217 g/mol. The fourth-order valence-electron chi connectivity index (χ4n) is 2.08. The Morgan fingerprint density at radius 3 is 2.59 bits per heavy atom. The summed E-state index contributed by atoms with van der Waals surface area (Å²) in [7, 11) is 0. The Morgan fingerprint density at radius 2 is 2.12 bits per heavy atom. The normalized spacial score (nSPS) is 26.8. The molecule has 0 bridgehead atoms. The lowest BCUT2D eigenvalue weighted by Gasteiger charge is -2.26. The van der Waals surface area contributed by atoms with Gasteiger partial charge in [0.2, 0.25) is 0 Å². The molecule has 0 amide bonds. The maximum atomic E-state index is 12.4. The van der Waals surface area contributed by atoms with Crippen LogP contribution in [0.4, 0.5) is 4.39 Å². The van der Waals surface area contributed by atoms with E-state index in [0.29, 0.717) is 0 Å². The summed E-state index contributed by atoms with van der Waals surface area (Å²) in [6.07, 6.45) is 6.85. The molecule has 1 aliphatic rings. The molecule has 1 heterocycles. The van der Waals surface area contributed by atoms with Gasteiger partial charge < -0.3 is 10.4 Å². The molecule has 2 atom stereocenters. The Kier molecular flexibility index (Phi) is 4.66. The van der Waals surface area contributed by atoms with Crippen molar-refractivity contribution in [2.45, 2.75) is 51.3 Å². The minimum atomic E-state index is -0.696. The number of allylic oxidation sites excluding steroid dienone is 4. The number of hydrogen-bond acceptors (Lipinski definition) is 2. The Balaban J connectivity index is 2.56. The molecule has 0 unspecified atom stereocenters. The van der Waals surface area contributed by atoms with Gasteiger partial charge in [0.25, 0.3) is 0 Å². The topological polar surface area (TPSA) is 32.3 Å². The van der Waals surface area contributed by atoms with Crippen molar-refractivity contribution in [3.05, 3.63) is 36.2 Å². The van der Waals surface area contributed by atoms with Gasteiger partial charge in [-0.3, -0.25) is 0 Å². The van der Waals surface area contributed by atoms with E-state index in [-0.39, 0.29) is 12.1 Å². The molecule has 0 aromatic carbocycles. The highest BCUT2D eigenvalue weighted by atomic mass is 19.1. The summed E-state index contributed by atoms with van der Waals surface area (Å²) in [5.74, 6) is -0.442. The molecule has 0 aromatic heterocycles. The predicted octanol–water partition coefficient (Wildman–Crippen LogP) is 2.86. The van der Waals surface area contributed by atoms with Gasteiger partial charge in [-0.25, -0.2) is 4.39 Å². The van der Waals surface area contributed by atoms with E-state index < -0.39 is 11.4 Å². The van der Waals surface area contributed by atoms with Crippen molar-refractivity contribution in [2.75, 3.05) is 0 Å². The molecule has 17 heavy (non-hydrogen) atoms. The lowest BCUT2D eigenvalue weighted by Crippen LogP contribution is -2.45. The second-order valence-electron chi connectivity index (χ2n) is 5.22. The van der Waals surface area contributed by atoms with Crippen LogP contribution in [-0.2, 0) is 0 Å². The first-order valence-corrected chi connectivity index (χ1v) is 5.98. The first-order valence-electron chi connectivity index (χ1n) is 5.98. The minimum Gasteiger partial charge on any atom is -0.389 e. The third-order valence-corrected chi connectivity index (χ3v) is 3.18. The molecule has 0 spiro atoms. The molecule has 0 aromatic rings. The van der Waals surface area contributed by atoms with Crippen LogP contribution in [0.15, 0.2) is 36.2 Å². The van der Waals surface area contributed by atoms with E-state index in [1.165, 1.54) is 6.08 Å². The highest BCUT2D eigenvalue weighted by Gasteiger charge is 2.34. The SMILES string of the molecule is C=C(F)/C=C\C=C(/C)[C@@H]1CC[C@H](C(C)(C)O)N1. The summed E-state index contributed by atoms with van der Waals surface area (Å²) >= 11 is 0. The summed E-state index contributed by atoms with van der Waals surface area (Å²) in [5.41, 5.74) is 0.451. The molecule has 1 aliphatic heterocycles. The molecule has 1 fully saturated rings. The Labute approximate surface area is 103 Å². The quantitative estimate of drug-likeness (QED) is 0.739. The van der Waals surface area contributed by atoms with Crippen molar-refractivity contribution < 1.29 is 9.50 Å². The molecule has 2 nitrogen and oxygen atoms in total. The van der Waals surface area contributed by atoms with Crippen LogP contribution in [0.5, 0.6) is 0 Å². The highest BCUT2D eigenvalue weighted by Crippen LogP contribution is 2.25. The van der Waals surface area contributed by atoms with Gasteiger partial charge in [0, 0.05) is 12.1 Å². The van der Waals surface area contributed by atoms with Crippen molar-refractivity contribution in [1.82, 2.24) is 5.32 Å².